The molecule has 6 rings (SSSR count). The van der Waals surface area contributed by atoms with Gasteiger partial charge in [0, 0.05) is 22.4 Å². The van der Waals surface area contributed by atoms with Crippen molar-refractivity contribution in [1.82, 2.24) is 4.90 Å². The van der Waals surface area contributed by atoms with E-state index >= 15 is 0 Å². The molecule has 2 aliphatic rings. The number of hydrogen-bond donors (Lipinski definition) is 0. The van der Waals surface area contributed by atoms with Crippen LogP contribution in [0.4, 0.5) is 0 Å². The molecular formula is C38H41Cl2NO2Si. The van der Waals surface area contributed by atoms with Gasteiger partial charge in [-0.25, -0.2) is 0 Å². The van der Waals surface area contributed by atoms with Gasteiger partial charge in [0.15, 0.2) is 0 Å². The van der Waals surface area contributed by atoms with Gasteiger partial charge in [-0.1, -0.05) is 129 Å². The Morgan fingerprint density at radius 2 is 1.39 bits per heavy atom. The van der Waals surface area contributed by atoms with E-state index in [0.717, 1.165) is 35.4 Å². The number of likely N-dealkylation sites (tertiary alicyclic amines) is 1. The Kier molecular flexibility index (Phi) is 9.08. The van der Waals surface area contributed by atoms with Gasteiger partial charge in [0.25, 0.3) is 8.32 Å². The molecular weight excluding hydrogens is 601 g/mol. The van der Waals surface area contributed by atoms with E-state index in [2.05, 4.69) is 111 Å². The van der Waals surface area contributed by atoms with Crippen LogP contribution >= 0.6 is 23.2 Å². The number of rotatable bonds is 9. The first-order valence-corrected chi connectivity index (χ1v) is 18.4. The predicted molar refractivity (Wildman–Crippen MR) is 185 cm³/mol. The lowest BCUT2D eigenvalue weighted by atomic mass is 9.79. The normalized spacial score (nSPS) is 20.0. The number of hydrogen-bond acceptors (Lipinski definition) is 2. The largest absolute Gasteiger partial charge is 0.405 e. The van der Waals surface area contributed by atoms with E-state index in [9.17, 15) is 4.79 Å². The van der Waals surface area contributed by atoms with Gasteiger partial charge in [-0.15, -0.1) is 0 Å². The van der Waals surface area contributed by atoms with E-state index in [1.165, 1.54) is 10.4 Å². The Hall–Kier alpha value is -2.89. The molecule has 3 nitrogen and oxygen atoms in total. The summed E-state index contributed by atoms with van der Waals surface area (Å²) in [6, 6.07) is 37.6. The zero-order chi connectivity index (χ0) is 30.9. The van der Waals surface area contributed by atoms with E-state index in [1.807, 2.05) is 24.3 Å². The van der Waals surface area contributed by atoms with Crippen molar-refractivity contribution in [3.05, 3.63) is 130 Å². The van der Waals surface area contributed by atoms with Gasteiger partial charge in [0.2, 0.25) is 5.91 Å². The zero-order valence-corrected chi connectivity index (χ0v) is 28.3. The second-order valence-electron chi connectivity index (χ2n) is 13.4. The summed E-state index contributed by atoms with van der Waals surface area (Å²) in [6.45, 7) is 7.42. The maximum Gasteiger partial charge on any atom is 0.261 e. The molecule has 0 radical (unpaired) electrons. The summed E-state index contributed by atoms with van der Waals surface area (Å²) in [6.07, 6.45) is 3.49. The van der Waals surface area contributed by atoms with Crippen LogP contribution in [-0.4, -0.2) is 31.8 Å². The van der Waals surface area contributed by atoms with Gasteiger partial charge in [-0.05, 0) is 76.0 Å². The minimum absolute atomic E-state index is 0.0354. The number of amides is 1. The summed E-state index contributed by atoms with van der Waals surface area (Å²) >= 11 is 12.9. The summed E-state index contributed by atoms with van der Waals surface area (Å²) in [5.41, 5.74) is 2.26. The Morgan fingerprint density at radius 3 is 1.93 bits per heavy atom. The summed E-state index contributed by atoms with van der Waals surface area (Å²) in [5.74, 6) is 0.720. The molecule has 1 heterocycles. The molecule has 1 amide bonds. The van der Waals surface area contributed by atoms with Crippen LogP contribution in [0.25, 0.3) is 0 Å². The van der Waals surface area contributed by atoms with Gasteiger partial charge >= 0.3 is 0 Å². The molecule has 1 saturated carbocycles. The smallest absolute Gasteiger partial charge is 0.261 e. The molecule has 0 N–H and O–H groups in total. The van der Waals surface area contributed by atoms with Crippen molar-refractivity contribution in [2.75, 3.05) is 6.61 Å². The lowest BCUT2D eigenvalue weighted by Crippen LogP contribution is -2.67. The molecule has 44 heavy (non-hydrogen) atoms. The fourth-order valence-electron chi connectivity index (χ4n) is 7.34. The van der Waals surface area contributed by atoms with Crippen molar-refractivity contribution in [2.24, 2.45) is 5.92 Å². The van der Waals surface area contributed by atoms with Crippen LogP contribution < -0.4 is 10.4 Å². The zero-order valence-electron chi connectivity index (χ0n) is 25.8. The van der Waals surface area contributed by atoms with Crippen LogP contribution in [0, 0.1) is 5.92 Å². The van der Waals surface area contributed by atoms with Crippen molar-refractivity contribution >= 4 is 47.8 Å². The quantitative estimate of drug-likeness (QED) is 0.171. The maximum atomic E-state index is 14.2. The fraction of sp³-hybridized carbons (Fsp3) is 0.342. The highest BCUT2D eigenvalue weighted by molar-refractivity contribution is 6.99. The molecule has 4 aromatic rings. The van der Waals surface area contributed by atoms with Gasteiger partial charge in [0.05, 0.1) is 18.7 Å². The van der Waals surface area contributed by atoms with Crippen molar-refractivity contribution in [3.8, 4) is 0 Å². The minimum atomic E-state index is -2.79. The molecule has 6 heteroatoms. The molecule has 0 bridgehead atoms. The highest BCUT2D eigenvalue weighted by Crippen LogP contribution is 2.49. The Balaban J connectivity index is 1.44. The predicted octanol–water partition coefficient (Wildman–Crippen LogP) is 8.80. The number of carbonyl (C=O) groups excluding carboxylic acids is 1. The molecule has 4 aromatic carbocycles. The van der Waals surface area contributed by atoms with Gasteiger partial charge in [-0.3, -0.25) is 4.79 Å². The lowest BCUT2D eigenvalue weighted by Gasteiger charge is -2.48. The number of benzene rings is 4. The number of carbonyl (C=O) groups is 1. The molecule has 1 unspecified atom stereocenters. The molecule has 0 spiro atoms. The fourth-order valence-corrected chi connectivity index (χ4v) is 12.2. The third-order valence-corrected chi connectivity index (χ3v) is 15.0. The summed E-state index contributed by atoms with van der Waals surface area (Å²) in [5, 5.41) is 3.77. The average Bonchev–Trinajstić information content (AvgIpc) is 3.86. The maximum absolute atomic E-state index is 14.2. The van der Waals surface area contributed by atoms with Gasteiger partial charge in [0.1, 0.15) is 0 Å². The molecule has 1 aliphatic carbocycles. The summed E-state index contributed by atoms with van der Waals surface area (Å²) in [4.78, 5) is 16.4. The van der Waals surface area contributed by atoms with Crippen LogP contribution in [0.1, 0.15) is 69.5 Å². The molecule has 1 aliphatic heterocycles. The van der Waals surface area contributed by atoms with E-state index in [1.54, 1.807) is 0 Å². The Labute approximate surface area is 273 Å². The van der Waals surface area contributed by atoms with Crippen molar-refractivity contribution < 1.29 is 9.22 Å². The minimum Gasteiger partial charge on any atom is -0.405 e. The van der Waals surface area contributed by atoms with Crippen molar-refractivity contribution in [3.63, 3.8) is 0 Å². The van der Waals surface area contributed by atoms with Crippen LogP contribution in [0.5, 0.6) is 0 Å². The molecule has 228 valence electrons. The van der Waals surface area contributed by atoms with Crippen LogP contribution in [0.15, 0.2) is 109 Å². The van der Waals surface area contributed by atoms with Crippen LogP contribution in [-0.2, 0) is 9.22 Å². The van der Waals surface area contributed by atoms with Crippen LogP contribution in [0.3, 0.4) is 0 Å². The summed E-state index contributed by atoms with van der Waals surface area (Å²) in [7, 11) is -2.79. The van der Waals surface area contributed by atoms with E-state index in [-0.39, 0.29) is 28.9 Å². The first kappa shape index (κ1) is 31.1. The molecule has 2 fully saturated rings. The third-order valence-electron chi connectivity index (χ3n) is 9.54. The highest BCUT2D eigenvalue weighted by Gasteiger charge is 2.52. The Bertz CT molecular complexity index is 1530. The van der Waals surface area contributed by atoms with Crippen LogP contribution in [0.2, 0.25) is 15.1 Å². The number of piperidine rings is 1. The van der Waals surface area contributed by atoms with Crippen molar-refractivity contribution in [2.45, 2.75) is 69.5 Å². The van der Waals surface area contributed by atoms with Gasteiger partial charge < -0.3 is 9.33 Å². The lowest BCUT2D eigenvalue weighted by molar-refractivity contribution is -0.142. The molecule has 3 atom stereocenters. The molecule has 1 saturated heterocycles. The van der Waals surface area contributed by atoms with Crippen molar-refractivity contribution in [1.29, 1.82) is 0 Å². The molecule has 0 aromatic heterocycles. The number of nitrogens with zero attached hydrogens (tertiary/aromatic N) is 1. The highest BCUT2D eigenvalue weighted by atomic mass is 35.5. The topological polar surface area (TPSA) is 29.5 Å². The average molecular weight is 643 g/mol. The van der Waals surface area contributed by atoms with E-state index < -0.39 is 8.32 Å². The standard InChI is InChI=1S/C38H41Cl2NO2Si/c1-38(2,3)44(32-13-6-4-7-14-32,33-15-8-5-9-16-33)43-26-35(27-17-18-27)41-36(42)24-23-34(29-11-10-12-31(40)25-29)37(41)28-19-21-30(39)22-20-28/h4-16,19-22,25,27,34-35,37H,17-18,23-24,26H2,1-3H3/t34?,35-,37-/m1/s1. The van der Waals surface area contributed by atoms with E-state index in [4.69, 9.17) is 27.6 Å². The number of halogens is 2. The van der Waals surface area contributed by atoms with Gasteiger partial charge in [-0.2, -0.15) is 0 Å². The third kappa shape index (κ3) is 6.15. The second kappa shape index (κ2) is 12.8. The summed E-state index contributed by atoms with van der Waals surface area (Å²) < 4.78 is 7.50. The first-order chi connectivity index (χ1) is 21.2. The SMILES string of the molecule is CC(C)(C)[Si](OC[C@H](C1CC1)N1C(=O)CCC(c2cccc(Cl)c2)[C@H]1c1ccc(Cl)cc1)(c1ccccc1)c1ccccc1. The first-order valence-electron chi connectivity index (χ1n) is 15.8. The Morgan fingerprint density at radius 1 is 0.773 bits per heavy atom. The monoisotopic (exact) mass is 641 g/mol. The van der Waals surface area contributed by atoms with E-state index in [0.29, 0.717) is 24.0 Å². The second-order valence-corrected chi connectivity index (χ2v) is 18.6.